The van der Waals surface area contributed by atoms with Crippen molar-refractivity contribution in [1.29, 1.82) is 0 Å². The number of thiazole rings is 1. The lowest BCUT2D eigenvalue weighted by atomic mass is 10.0. The molecule has 0 unspecified atom stereocenters. The number of hydrogen-bond donors (Lipinski definition) is 0. The predicted molar refractivity (Wildman–Crippen MR) is 68.4 cm³/mol. The quantitative estimate of drug-likeness (QED) is 0.680. The largest absolute Gasteiger partial charge is 0.291 e. The van der Waals surface area contributed by atoms with Crippen LogP contribution in [0.2, 0.25) is 0 Å². The second-order valence-corrected chi connectivity index (χ2v) is 5.96. The standard InChI is InChI=1S/C13H18N2S/c1-9-10(2)16-13-14-11-7-5-3-4-6-8-12(11)15(9)13/h3-8H2,1-2H3. The van der Waals surface area contributed by atoms with Gasteiger partial charge in [-0.05, 0) is 39.5 Å². The molecule has 0 N–H and O–H groups in total. The van der Waals surface area contributed by atoms with E-state index in [2.05, 4.69) is 18.2 Å². The predicted octanol–water partition coefficient (Wildman–Crippen LogP) is 3.67. The van der Waals surface area contributed by atoms with Crippen LogP contribution >= 0.6 is 11.3 Å². The fourth-order valence-corrected chi connectivity index (χ4v) is 3.66. The molecule has 2 aromatic rings. The maximum Gasteiger partial charge on any atom is 0.194 e. The summed E-state index contributed by atoms with van der Waals surface area (Å²) in [6.45, 7) is 4.42. The van der Waals surface area contributed by atoms with Crippen molar-refractivity contribution in [2.24, 2.45) is 0 Å². The van der Waals surface area contributed by atoms with E-state index in [4.69, 9.17) is 4.98 Å². The SMILES string of the molecule is Cc1sc2nc3c(n2c1C)CCCCCC3. The lowest BCUT2D eigenvalue weighted by Gasteiger charge is -2.09. The molecule has 0 spiro atoms. The first-order chi connectivity index (χ1) is 7.77. The Balaban J connectivity index is 2.19. The zero-order valence-electron chi connectivity index (χ0n) is 10.0. The van der Waals surface area contributed by atoms with Gasteiger partial charge in [0.25, 0.3) is 0 Å². The number of hydrogen-bond acceptors (Lipinski definition) is 2. The lowest BCUT2D eigenvalue weighted by molar-refractivity contribution is 0.604. The Morgan fingerprint density at radius 2 is 1.81 bits per heavy atom. The molecule has 2 heterocycles. The molecule has 2 aromatic heterocycles. The van der Waals surface area contributed by atoms with E-state index >= 15 is 0 Å². The van der Waals surface area contributed by atoms with Crippen LogP contribution in [0.15, 0.2) is 0 Å². The molecule has 3 rings (SSSR count). The van der Waals surface area contributed by atoms with E-state index in [9.17, 15) is 0 Å². The lowest BCUT2D eigenvalue weighted by Crippen LogP contribution is -2.02. The van der Waals surface area contributed by atoms with Gasteiger partial charge >= 0.3 is 0 Å². The summed E-state index contributed by atoms with van der Waals surface area (Å²) in [4.78, 5) is 7.44. The van der Waals surface area contributed by atoms with Crippen LogP contribution in [-0.2, 0) is 12.8 Å². The highest BCUT2D eigenvalue weighted by atomic mass is 32.1. The molecular formula is C13H18N2S. The van der Waals surface area contributed by atoms with Crippen molar-refractivity contribution in [3.8, 4) is 0 Å². The number of imidazole rings is 1. The Hall–Kier alpha value is -0.830. The summed E-state index contributed by atoms with van der Waals surface area (Å²) in [5, 5.41) is 0. The van der Waals surface area contributed by atoms with Crippen LogP contribution in [0.1, 0.15) is 47.6 Å². The van der Waals surface area contributed by atoms with E-state index in [1.165, 1.54) is 65.4 Å². The Morgan fingerprint density at radius 3 is 2.62 bits per heavy atom. The van der Waals surface area contributed by atoms with Crippen LogP contribution in [-0.4, -0.2) is 9.38 Å². The van der Waals surface area contributed by atoms with E-state index in [1.807, 2.05) is 11.3 Å². The van der Waals surface area contributed by atoms with Gasteiger partial charge in [0, 0.05) is 16.3 Å². The molecule has 0 radical (unpaired) electrons. The molecule has 0 atom stereocenters. The smallest absolute Gasteiger partial charge is 0.194 e. The maximum atomic E-state index is 4.82. The van der Waals surface area contributed by atoms with E-state index < -0.39 is 0 Å². The third-order valence-corrected chi connectivity index (χ3v) is 4.75. The third kappa shape index (κ3) is 1.49. The van der Waals surface area contributed by atoms with Crippen molar-refractivity contribution < 1.29 is 0 Å². The molecule has 86 valence electrons. The van der Waals surface area contributed by atoms with Gasteiger partial charge in [0.2, 0.25) is 0 Å². The number of aryl methyl sites for hydroxylation is 4. The first kappa shape index (κ1) is 10.3. The van der Waals surface area contributed by atoms with E-state index in [0.29, 0.717) is 0 Å². The summed E-state index contributed by atoms with van der Waals surface area (Å²) < 4.78 is 2.40. The van der Waals surface area contributed by atoms with Crippen LogP contribution in [0, 0.1) is 13.8 Å². The van der Waals surface area contributed by atoms with Gasteiger partial charge < -0.3 is 0 Å². The molecule has 0 aromatic carbocycles. The van der Waals surface area contributed by atoms with Gasteiger partial charge in [-0.15, -0.1) is 11.3 Å². The normalized spacial score (nSPS) is 17.1. The minimum Gasteiger partial charge on any atom is -0.291 e. The van der Waals surface area contributed by atoms with E-state index in [0.717, 1.165) is 0 Å². The number of aromatic nitrogens is 2. The topological polar surface area (TPSA) is 17.3 Å². The number of nitrogens with zero attached hydrogens (tertiary/aromatic N) is 2. The van der Waals surface area contributed by atoms with Crippen LogP contribution in [0.25, 0.3) is 4.96 Å². The summed E-state index contributed by atoms with van der Waals surface area (Å²) in [5.74, 6) is 0. The van der Waals surface area contributed by atoms with Gasteiger partial charge in [-0.25, -0.2) is 4.98 Å². The first-order valence-corrected chi connectivity index (χ1v) is 7.05. The second kappa shape index (κ2) is 3.88. The first-order valence-electron chi connectivity index (χ1n) is 6.23. The second-order valence-electron chi connectivity index (χ2n) is 4.78. The molecule has 0 amide bonds. The molecule has 0 fully saturated rings. The van der Waals surface area contributed by atoms with Crippen LogP contribution < -0.4 is 0 Å². The average Bonchev–Trinajstić information content (AvgIpc) is 2.67. The molecule has 3 heteroatoms. The highest BCUT2D eigenvalue weighted by Crippen LogP contribution is 2.28. The van der Waals surface area contributed by atoms with Gasteiger partial charge in [0.15, 0.2) is 4.96 Å². The van der Waals surface area contributed by atoms with Crippen molar-refractivity contribution in [3.63, 3.8) is 0 Å². The van der Waals surface area contributed by atoms with Crippen molar-refractivity contribution in [3.05, 3.63) is 22.0 Å². The Bertz CT molecular complexity index is 521. The van der Waals surface area contributed by atoms with E-state index in [-0.39, 0.29) is 0 Å². The summed E-state index contributed by atoms with van der Waals surface area (Å²) in [6.07, 6.45) is 7.80. The van der Waals surface area contributed by atoms with Crippen LogP contribution in [0.3, 0.4) is 0 Å². The van der Waals surface area contributed by atoms with Crippen LogP contribution in [0.4, 0.5) is 0 Å². The maximum absolute atomic E-state index is 4.82. The Morgan fingerprint density at radius 1 is 1.06 bits per heavy atom. The molecule has 16 heavy (non-hydrogen) atoms. The highest BCUT2D eigenvalue weighted by molar-refractivity contribution is 7.17. The number of fused-ring (bicyclic) bond motifs is 3. The molecule has 1 aliphatic rings. The number of rotatable bonds is 0. The van der Waals surface area contributed by atoms with Gasteiger partial charge in [-0.2, -0.15) is 0 Å². The van der Waals surface area contributed by atoms with Gasteiger partial charge in [-0.3, -0.25) is 4.40 Å². The molecule has 0 saturated heterocycles. The van der Waals surface area contributed by atoms with Gasteiger partial charge in [0.05, 0.1) is 5.69 Å². The minimum absolute atomic E-state index is 1.18. The fourth-order valence-electron chi connectivity index (χ4n) is 2.65. The summed E-state index contributed by atoms with van der Waals surface area (Å²) in [7, 11) is 0. The van der Waals surface area contributed by atoms with Crippen molar-refractivity contribution in [2.75, 3.05) is 0 Å². The Labute approximate surface area is 100 Å². The monoisotopic (exact) mass is 234 g/mol. The zero-order valence-corrected chi connectivity index (χ0v) is 10.9. The van der Waals surface area contributed by atoms with Crippen LogP contribution in [0.5, 0.6) is 0 Å². The molecule has 2 nitrogen and oxygen atoms in total. The third-order valence-electron chi connectivity index (χ3n) is 3.69. The summed E-state index contributed by atoms with van der Waals surface area (Å²) >= 11 is 1.84. The van der Waals surface area contributed by atoms with E-state index in [1.54, 1.807) is 0 Å². The van der Waals surface area contributed by atoms with Gasteiger partial charge in [0.1, 0.15) is 0 Å². The summed E-state index contributed by atoms with van der Waals surface area (Å²) in [6, 6.07) is 0. The highest BCUT2D eigenvalue weighted by Gasteiger charge is 2.17. The van der Waals surface area contributed by atoms with Crippen molar-refractivity contribution >= 4 is 16.3 Å². The molecule has 0 aliphatic heterocycles. The minimum atomic E-state index is 1.18. The van der Waals surface area contributed by atoms with Crippen molar-refractivity contribution in [1.82, 2.24) is 9.38 Å². The van der Waals surface area contributed by atoms with Gasteiger partial charge in [-0.1, -0.05) is 12.8 Å². The average molecular weight is 234 g/mol. The molecular weight excluding hydrogens is 216 g/mol. The fraction of sp³-hybridized carbons (Fsp3) is 0.615. The molecule has 0 saturated carbocycles. The Kier molecular flexibility index (Phi) is 2.51. The zero-order chi connectivity index (χ0) is 11.1. The molecule has 1 aliphatic carbocycles. The van der Waals surface area contributed by atoms with Crippen molar-refractivity contribution in [2.45, 2.75) is 52.4 Å². The molecule has 0 bridgehead atoms. The summed E-state index contributed by atoms with van der Waals surface area (Å²) in [5.41, 5.74) is 4.26.